The molecule has 0 aliphatic heterocycles. The van der Waals surface area contributed by atoms with E-state index in [0.717, 1.165) is 5.56 Å². The van der Waals surface area contributed by atoms with Gasteiger partial charge in [-0.1, -0.05) is 85.7 Å². The van der Waals surface area contributed by atoms with E-state index in [1.807, 2.05) is 47.6 Å². The summed E-state index contributed by atoms with van der Waals surface area (Å²) in [7, 11) is -3.28. The smallest absolute Gasteiger partial charge is 0.248 e. The van der Waals surface area contributed by atoms with Crippen LogP contribution in [-0.2, 0) is 30.4 Å². The number of carbonyl (C=O) groups excluding carboxylic acids is 5. The number of hydrogen-bond acceptors (Lipinski definition) is 7. The molecule has 1 aromatic rings. The highest BCUT2D eigenvalue weighted by Crippen LogP contribution is 2.52. The zero-order valence-electron chi connectivity index (χ0n) is 25.7. The molecule has 0 aliphatic rings. The van der Waals surface area contributed by atoms with E-state index in [0.29, 0.717) is 0 Å². The molecule has 0 fully saturated rings. The molecule has 0 saturated carbocycles. The van der Waals surface area contributed by atoms with Gasteiger partial charge >= 0.3 is 0 Å². The van der Waals surface area contributed by atoms with Gasteiger partial charge in [0.2, 0.25) is 31.9 Å². The Balaban J connectivity index is 2.96. The Morgan fingerprint density at radius 3 is 1.93 bits per heavy atom. The summed E-state index contributed by atoms with van der Waals surface area (Å²) < 4.78 is 0. The van der Waals surface area contributed by atoms with Crippen molar-refractivity contribution in [3.8, 4) is 0 Å². The quantitative estimate of drug-likeness (QED) is 0.138. The van der Waals surface area contributed by atoms with Crippen LogP contribution in [0.25, 0.3) is 0 Å². The van der Waals surface area contributed by atoms with Crippen LogP contribution in [-0.4, -0.2) is 67.2 Å². The van der Waals surface area contributed by atoms with Gasteiger partial charge in [0.25, 0.3) is 0 Å². The molecule has 0 aromatic heterocycles. The first-order valence-electron chi connectivity index (χ1n) is 13.9. The summed E-state index contributed by atoms with van der Waals surface area (Å²) in [6, 6.07) is 7.84. The second kappa shape index (κ2) is 14.2. The highest BCUT2D eigenvalue weighted by molar-refractivity contribution is 6.81. The van der Waals surface area contributed by atoms with Crippen LogP contribution in [0, 0.1) is 5.92 Å². The summed E-state index contributed by atoms with van der Waals surface area (Å²) >= 11 is 0. The Morgan fingerprint density at radius 1 is 0.927 bits per heavy atom. The normalized spacial score (nSPS) is 14.5. The van der Waals surface area contributed by atoms with Crippen molar-refractivity contribution in [3.63, 3.8) is 0 Å². The summed E-state index contributed by atoms with van der Waals surface area (Å²) in [5.74, 6) is -3.67. The molecule has 0 radical (unpaired) electrons. The van der Waals surface area contributed by atoms with Crippen molar-refractivity contribution in [2.45, 2.75) is 95.9 Å². The second-order valence-electron chi connectivity index (χ2n) is 13.0. The molecule has 0 aliphatic carbocycles. The van der Waals surface area contributed by atoms with Crippen LogP contribution in [0.15, 0.2) is 30.3 Å². The topological polar surface area (TPSA) is 194 Å². The summed E-state index contributed by atoms with van der Waals surface area (Å²) in [5.41, 5.74) is 10.5. The SMILES string of the molecule is CC(C)[C@@](N)(C(=O)C[Si](O)(C(C)(C)C)C(C)(C)C)C(=O)NCCC(=O)N[C@@H](Cc1ccccc1)C(=O)NCC(N)=O. The maximum atomic E-state index is 13.6. The van der Waals surface area contributed by atoms with Gasteiger partial charge in [-0.15, -0.1) is 0 Å². The van der Waals surface area contributed by atoms with Gasteiger partial charge in [0.15, 0.2) is 11.3 Å². The summed E-state index contributed by atoms with van der Waals surface area (Å²) in [6.07, 6.45) is -0.0170. The lowest BCUT2D eigenvalue weighted by Gasteiger charge is -2.48. The minimum atomic E-state index is -3.28. The Labute approximate surface area is 244 Å². The molecule has 0 spiro atoms. The largest absolute Gasteiger partial charge is 0.430 e. The fourth-order valence-electron chi connectivity index (χ4n) is 4.80. The van der Waals surface area contributed by atoms with Crippen LogP contribution in [0.2, 0.25) is 16.1 Å². The number of benzene rings is 1. The number of primary amides is 1. The van der Waals surface area contributed by atoms with Crippen molar-refractivity contribution in [2.24, 2.45) is 17.4 Å². The van der Waals surface area contributed by atoms with Gasteiger partial charge in [0, 0.05) is 25.4 Å². The van der Waals surface area contributed by atoms with Crippen molar-refractivity contribution in [3.05, 3.63) is 35.9 Å². The maximum absolute atomic E-state index is 13.6. The fourth-order valence-corrected chi connectivity index (χ4v) is 8.87. The van der Waals surface area contributed by atoms with Crippen molar-refractivity contribution in [1.29, 1.82) is 0 Å². The summed E-state index contributed by atoms with van der Waals surface area (Å²) in [5, 5.41) is 6.53. The van der Waals surface area contributed by atoms with E-state index in [-0.39, 0.29) is 32.0 Å². The Bertz CT molecular complexity index is 1080. The molecule has 0 unspecified atom stereocenters. The van der Waals surface area contributed by atoms with Crippen LogP contribution in [0.4, 0.5) is 0 Å². The van der Waals surface area contributed by atoms with E-state index in [9.17, 15) is 28.8 Å². The van der Waals surface area contributed by atoms with E-state index in [2.05, 4.69) is 16.0 Å². The first kappa shape index (κ1) is 35.9. The molecule has 41 heavy (non-hydrogen) atoms. The molecular formula is C29H49N5O6Si. The number of nitrogens with two attached hydrogens (primary N) is 2. The van der Waals surface area contributed by atoms with Crippen molar-refractivity contribution >= 4 is 37.7 Å². The Hall–Kier alpha value is -3.09. The third-order valence-electron chi connectivity index (χ3n) is 7.65. The fraction of sp³-hybridized carbons (Fsp3) is 0.621. The van der Waals surface area contributed by atoms with E-state index in [1.165, 1.54) is 0 Å². The number of hydrogen-bond donors (Lipinski definition) is 6. The lowest BCUT2D eigenvalue weighted by atomic mass is 9.83. The number of ketones is 1. The van der Waals surface area contributed by atoms with Gasteiger partial charge in [-0.05, 0) is 21.6 Å². The predicted molar refractivity (Wildman–Crippen MR) is 161 cm³/mol. The van der Waals surface area contributed by atoms with Crippen molar-refractivity contribution in [1.82, 2.24) is 16.0 Å². The van der Waals surface area contributed by atoms with Crippen LogP contribution < -0.4 is 27.4 Å². The number of rotatable bonds is 14. The van der Waals surface area contributed by atoms with Crippen molar-refractivity contribution < 1.29 is 28.8 Å². The predicted octanol–water partition coefficient (Wildman–Crippen LogP) is 1.28. The van der Waals surface area contributed by atoms with Crippen LogP contribution in [0.3, 0.4) is 0 Å². The van der Waals surface area contributed by atoms with Crippen LogP contribution in [0.5, 0.6) is 0 Å². The first-order chi connectivity index (χ1) is 18.7. The minimum absolute atomic E-state index is 0.134. The van der Waals surface area contributed by atoms with E-state index >= 15 is 0 Å². The first-order valence-corrected chi connectivity index (χ1v) is 16.0. The van der Waals surface area contributed by atoms with Crippen LogP contribution in [0.1, 0.15) is 67.4 Å². The molecule has 4 amide bonds. The molecule has 2 atom stereocenters. The third-order valence-corrected chi connectivity index (χ3v) is 13.5. The maximum Gasteiger partial charge on any atom is 0.248 e. The van der Waals surface area contributed by atoms with Gasteiger partial charge in [0.1, 0.15) is 6.04 Å². The zero-order chi connectivity index (χ0) is 31.8. The average molecular weight is 592 g/mol. The minimum Gasteiger partial charge on any atom is -0.430 e. The van der Waals surface area contributed by atoms with E-state index in [4.69, 9.17) is 11.5 Å². The average Bonchev–Trinajstić information content (AvgIpc) is 2.85. The lowest BCUT2D eigenvalue weighted by Crippen LogP contribution is -2.66. The van der Waals surface area contributed by atoms with Crippen molar-refractivity contribution in [2.75, 3.05) is 13.1 Å². The molecule has 11 nitrogen and oxygen atoms in total. The second-order valence-corrected chi connectivity index (χ2v) is 18.1. The molecule has 1 aromatic carbocycles. The molecular weight excluding hydrogens is 542 g/mol. The number of amides is 4. The number of carbonyl (C=O) groups is 5. The highest BCUT2D eigenvalue weighted by Gasteiger charge is 2.57. The summed E-state index contributed by atoms with van der Waals surface area (Å²) in [6.45, 7) is 14.2. The van der Waals surface area contributed by atoms with E-state index in [1.54, 1.807) is 38.1 Å². The van der Waals surface area contributed by atoms with Gasteiger partial charge in [0.05, 0.1) is 6.54 Å². The molecule has 0 saturated heterocycles. The standard InChI is InChI=1S/C29H49N5O6Si/c1-19(2)29(31,22(35)18-41(40,27(3,4)5)28(6,7)8)26(39)32-15-14-24(37)34-21(25(38)33-17-23(30)36)16-20-12-10-9-11-13-20/h9-13,19,21,40H,14-18,31H2,1-8H3,(H2,30,36)(H,32,39)(H,33,38)(H,34,37)/t21-,29+/m0/s1. The molecule has 1 rings (SSSR count). The third kappa shape index (κ3) is 9.47. The highest BCUT2D eigenvalue weighted by atomic mass is 28.4. The number of Topliss-reactive ketones (excluding diaryl/α,β-unsaturated/α-hetero) is 1. The van der Waals surface area contributed by atoms with Gasteiger partial charge in [-0.2, -0.15) is 0 Å². The monoisotopic (exact) mass is 591 g/mol. The molecule has 8 N–H and O–H groups in total. The lowest BCUT2D eigenvalue weighted by molar-refractivity contribution is -0.137. The number of nitrogens with one attached hydrogen (secondary N) is 3. The Kier molecular flexibility index (Phi) is 12.4. The van der Waals surface area contributed by atoms with Gasteiger partial charge < -0.3 is 32.2 Å². The summed E-state index contributed by atoms with van der Waals surface area (Å²) in [4.78, 5) is 75.1. The zero-order valence-corrected chi connectivity index (χ0v) is 26.7. The van der Waals surface area contributed by atoms with E-state index < -0.39 is 65.3 Å². The van der Waals surface area contributed by atoms with Crippen LogP contribution >= 0.6 is 0 Å². The Morgan fingerprint density at radius 2 is 1.46 bits per heavy atom. The van der Waals surface area contributed by atoms with Gasteiger partial charge in [-0.25, -0.2) is 0 Å². The van der Waals surface area contributed by atoms with Gasteiger partial charge in [-0.3, -0.25) is 24.0 Å². The molecule has 0 heterocycles. The molecule has 12 heteroatoms. The molecule has 230 valence electrons. The molecule has 0 bridgehead atoms.